The van der Waals surface area contributed by atoms with Crippen molar-refractivity contribution in [2.45, 2.75) is 23.1 Å². The summed E-state index contributed by atoms with van der Waals surface area (Å²) in [5, 5.41) is 0. The van der Waals surface area contributed by atoms with Crippen LogP contribution >= 0.6 is 0 Å². The van der Waals surface area contributed by atoms with Gasteiger partial charge in [-0.05, 0) is 0 Å². The molecule has 0 heterocycles. The normalized spacial score (nSPS) is 11.5. The Morgan fingerprint density at radius 2 is 1.64 bits per heavy atom. The van der Waals surface area contributed by atoms with Crippen LogP contribution in [0.4, 0.5) is 0 Å². The summed E-state index contributed by atoms with van der Waals surface area (Å²) in [7, 11) is 0. The molecule has 0 nitrogen and oxygen atoms in total. The predicted octanol–water partition coefficient (Wildman–Crippen LogP) is 2.65. The first-order valence-corrected chi connectivity index (χ1v) is 11.0. The van der Waals surface area contributed by atoms with Crippen molar-refractivity contribution in [3.8, 4) is 0 Å². The van der Waals surface area contributed by atoms with Gasteiger partial charge in [0.1, 0.15) is 0 Å². The molecule has 0 aromatic heterocycles. The van der Waals surface area contributed by atoms with Crippen LogP contribution in [0, 0.1) is 35.6 Å². The van der Waals surface area contributed by atoms with Gasteiger partial charge in [0.05, 0.1) is 0 Å². The van der Waals surface area contributed by atoms with Crippen molar-refractivity contribution in [1.29, 1.82) is 0 Å². The average molecular weight is 345 g/mol. The van der Waals surface area contributed by atoms with E-state index in [-0.39, 0.29) is 0 Å². The predicted molar refractivity (Wildman–Crippen MR) is 47.3 cm³/mol. The third-order valence-corrected chi connectivity index (χ3v) is 6.21. The van der Waals surface area contributed by atoms with Gasteiger partial charge in [0.25, 0.3) is 0 Å². The molecule has 0 N–H and O–H groups in total. The van der Waals surface area contributed by atoms with Gasteiger partial charge in [0.2, 0.25) is 0 Å². The van der Waals surface area contributed by atoms with Gasteiger partial charge in [-0.2, -0.15) is 0 Å². The van der Waals surface area contributed by atoms with E-state index in [2.05, 4.69) is 41.3 Å². The third-order valence-electron chi connectivity index (χ3n) is 1.91. The number of hydrogen-bond donors (Lipinski definition) is 0. The molecule has 0 fully saturated rings. The van der Waals surface area contributed by atoms with Crippen molar-refractivity contribution in [1.82, 2.24) is 0 Å². The summed E-state index contributed by atoms with van der Waals surface area (Å²) in [4.78, 5) is 0. The van der Waals surface area contributed by atoms with E-state index in [1.807, 2.05) is 0 Å². The summed E-state index contributed by atoms with van der Waals surface area (Å²) in [6, 6.07) is 6.90. The van der Waals surface area contributed by atoms with Crippen LogP contribution in [0.15, 0.2) is 18.2 Å². The second-order valence-corrected chi connectivity index (χ2v) is 10.6. The van der Waals surface area contributed by atoms with Crippen molar-refractivity contribution in [2.24, 2.45) is 0 Å². The summed E-state index contributed by atoms with van der Waals surface area (Å²) in [5.41, 5.74) is 2.86. The fourth-order valence-electron chi connectivity index (χ4n) is 0.940. The molecule has 0 unspecified atom stereocenters. The quantitative estimate of drug-likeness (QED) is 0.734. The molecule has 0 aliphatic carbocycles. The van der Waals surface area contributed by atoms with E-state index in [1.54, 1.807) is 3.27 Å². The Kier molecular flexibility index (Phi) is 3.07. The van der Waals surface area contributed by atoms with Gasteiger partial charge >= 0.3 is 77.5 Å². The summed E-state index contributed by atoms with van der Waals surface area (Å²) in [6.07, 6.45) is 0. The molecule has 0 spiro atoms. The van der Waals surface area contributed by atoms with Crippen LogP contribution in [-0.4, -0.2) is 0 Å². The van der Waals surface area contributed by atoms with Crippen molar-refractivity contribution in [3.63, 3.8) is 0 Å². The molecule has 11 heavy (non-hydrogen) atoms. The SMILES string of the molecule is Cc1ccc([At](C)C)cc1C. The van der Waals surface area contributed by atoms with Gasteiger partial charge in [-0.1, -0.05) is 0 Å². The summed E-state index contributed by atoms with van der Waals surface area (Å²) < 4.78 is 6.45. The van der Waals surface area contributed by atoms with Gasteiger partial charge in [0.15, 0.2) is 0 Å². The minimum atomic E-state index is -0.986. The second kappa shape index (κ2) is 3.67. The number of benzene rings is 1. The van der Waals surface area contributed by atoms with E-state index in [0.717, 1.165) is 0 Å². The summed E-state index contributed by atoms with van der Waals surface area (Å²) in [6.45, 7) is 4.37. The monoisotopic (exact) mass is 345 g/mol. The fraction of sp³-hybridized carbons (Fsp3) is 0.400. The minimum absolute atomic E-state index is 0.986. The van der Waals surface area contributed by atoms with Gasteiger partial charge < -0.3 is 0 Å². The van der Waals surface area contributed by atoms with Crippen LogP contribution in [0.1, 0.15) is 11.1 Å². The maximum atomic E-state index is 2.41. The van der Waals surface area contributed by atoms with E-state index in [4.69, 9.17) is 0 Å². The number of aryl methyl sites for hydroxylation is 2. The van der Waals surface area contributed by atoms with Crippen LogP contribution in [0.2, 0.25) is 9.26 Å². The molecular weight excluding hydrogens is 330 g/mol. The van der Waals surface area contributed by atoms with Crippen LogP contribution in [-0.2, 0) is 0 Å². The Labute approximate surface area is 77.3 Å². The van der Waals surface area contributed by atoms with E-state index in [0.29, 0.717) is 0 Å². The van der Waals surface area contributed by atoms with Gasteiger partial charge in [0, 0.05) is 0 Å². The molecule has 0 saturated heterocycles. The molecule has 0 saturated carbocycles. The first kappa shape index (κ1) is 9.19. The Morgan fingerprint density at radius 1 is 1.00 bits per heavy atom. The van der Waals surface area contributed by atoms with Crippen molar-refractivity contribution in [3.05, 3.63) is 29.3 Å². The molecule has 0 amide bonds. The van der Waals surface area contributed by atoms with Gasteiger partial charge in [-0.15, -0.1) is 0 Å². The first-order chi connectivity index (χ1) is 5.11. The van der Waals surface area contributed by atoms with Crippen LogP contribution in [0.25, 0.3) is 0 Å². The Hall–Kier alpha value is 0.103. The topological polar surface area (TPSA) is 0 Å². The van der Waals surface area contributed by atoms with Crippen molar-refractivity contribution < 1.29 is 21.8 Å². The molecule has 0 aliphatic heterocycles. The average Bonchev–Trinajstić information content (AvgIpc) is 1.94. The van der Waals surface area contributed by atoms with Gasteiger partial charge in [-0.3, -0.25) is 0 Å². The molecule has 0 atom stereocenters. The molecule has 1 rings (SSSR count). The Bertz CT molecular complexity index is 251. The first-order valence-electron chi connectivity index (χ1n) is 3.68. The van der Waals surface area contributed by atoms with E-state index >= 15 is 0 Å². The molecule has 1 aromatic carbocycles. The van der Waals surface area contributed by atoms with E-state index < -0.39 is 21.8 Å². The zero-order valence-electron chi connectivity index (χ0n) is 7.61. The molecule has 0 bridgehead atoms. The summed E-state index contributed by atoms with van der Waals surface area (Å²) in [5.74, 6) is 0. The van der Waals surface area contributed by atoms with Gasteiger partial charge in [-0.25, -0.2) is 0 Å². The van der Waals surface area contributed by atoms with E-state index in [1.165, 1.54) is 11.1 Å². The van der Waals surface area contributed by atoms with E-state index in [9.17, 15) is 0 Å². The zero-order valence-corrected chi connectivity index (χ0v) is 10.5. The zero-order chi connectivity index (χ0) is 8.43. The summed E-state index contributed by atoms with van der Waals surface area (Å²) >= 11 is -0.986. The Morgan fingerprint density at radius 3 is 2.09 bits per heavy atom. The number of rotatable bonds is 1. The van der Waals surface area contributed by atoms with Crippen LogP contribution < -0.4 is 3.27 Å². The molecule has 1 aromatic rings. The molecule has 0 aliphatic rings. The molecule has 0 radical (unpaired) electrons. The maximum absolute atomic E-state index is 2.41. The second-order valence-electron chi connectivity index (χ2n) is 2.98. The Balaban J connectivity index is 3.05. The van der Waals surface area contributed by atoms with Crippen LogP contribution in [0.5, 0.6) is 0 Å². The number of hydrogen-bond acceptors (Lipinski definition) is 0. The standard InChI is InChI=1S/C10H15At/c1-8-5-6-10(11(3)4)7-9(8)2/h5-7H,1-4H3. The molecular formula is C10H15At. The van der Waals surface area contributed by atoms with Crippen molar-refractivity contribution in [2.75, 3.05) is 0 Å². The fourth-order valence-corrected chi connectivity index (χ4v) is 3.65. The third kappa shape index (κ3) is 2.27. The molecule has 1 heteroatoms. The van der Waals surface area contributed by atoms with Crippen LogP contribution in [0.3, 0.4) is 0 Å². The van der Waals surface area contributed by atoms with Crippen molar-refractivity contribution >= 4 is 3.27 Å². The molecule has 62 valence electrons.